The normalized spacial score (nSPS) is 13.8. The van der Waals surface area contributed by atoms with Crippen molar-refractivity contribution in [1.82, 2.24) is 10.2 Å². The van der Waals surface area contributed by atoms with E-state index in [-0.39, 0.29) is 30.4 Å². The van der Waals surface area contributed by atoms with Gasteiger partial charge in [0.25, 0.3) is 0 Å². The van der Waals surface area contributed by atoms with E-state index in [2.05, 4.69) is 5.32 Å². The molecule has 5 nitrogen and oxygen atoms in total. The molecule has 0 aromatic rings. The molecule has 0 saturated heterocycles. The van der Waals surface area contributed by atoms with Crippen LogP contribution < -0.4 is 5.32 Å². The second-order valence-electron chi connectivity index (χ2n) is 5.50. The van der Waals surface area contributed by atoms with Crippen molar-refractivity contribution in [2.24, 2.45) is 0 Å². The highest BCUT2D eigenvalue weighted by atomic mass is 35.5. The summed E-state index contributed by atoms with van der Waals surface area (Å²) in [5, 5.41) is 12.0. The lowest BCUT2D eigenvalue weighted by Gasteiger charge is -2.34. The predicted octanol–water partition coefficient (Wildman–Crippen LogP) is 2.28. The number of aliphatic carboxylic acids is 1. The molecular formula is C14H29ClN2O3. The number of nitrogens with zero attached hydrogens (tertiary/aromatic N) is 1. The Bertz CT molecular complexity index is 301. The summed E-state index contributed by atoms with van der Waals surface area (Å²) in [4.78, 5) is 25.2. The summed E-state index contributed by atoms with van der Waals surface area (Å²) in [5.74, 6) is -0.950. The second kappa shape index (κ2) is 10.00. The van der Waals surface area contributed by atoms with Crippen LogP contribution in [0, 0.1) is 0 Å². The number of carboxylic acid groups (broad SMARTS) is 1. The lowest BCUT2D eigenvalue weighted by Crippen LogP contribution is -2.54. The van der Waals surface area contributed by atoms with Gasteiger partial charge < -0.3 is 10.0 Å². The van der Waals surface area contributed by atoms with E-state index in [1.165, 1.54) is 0 Å². The maximum absolute atomic E-state index is 12.4. The largest absolute Gasteiger partial charge is 0.480 e. The van der Waals surface area contributed by atoms with Crippen LogP contribution in [0.5, 0.6) is 0 Å². The van der Waals surface area contributed by atoms with Crippen LogP contribution in [0.15, 0.2) is 0 Å². The van der Waals surface area contributed by atoms with Crippen molar-refractivity contribution in [3.05, 3.63) is 0 Å². The predicted molar refractivity (Wildman–Crippen MR) is 83.3 cm³/mol. The average molecular weight is 309 g/mol. The van der Waals surface area contributed by atoms with Crippen molar-refractivity contribution in [2.75, 3.05) is 0 Å². The quantitative estimate of drug-likeness (QED) is 0.722. The number of amides is 1. The summed E-state index contributed by atoms with van der Waals surface area (Å²) in [6, 6.07) is -0.944. The van der Waals surface area contributed by atoms with Gasteiger partial charge in [-0.1, -0.05) is 13.3 Å². The molecule has 2 atom stereocenters. The van der Waals surface area contributed by atoms with E-state index < -0.39 is 18.1 Å². The van der Waals surface area contributed by atoms with Gasteiger partial charge in [-0.15, -0.1) is 12.4 Å². The van der Waals surface area contributed by atoms with E-state index in [0.29, 0.717) is 6.42 Å². The lowest BCUT2D eigenvalue weighted by atomic mass is 10.1. The highest BCUT2D eigenvalue weighted by molar-refractivity contribution is 5.85. The van der Waals surface area contributed by atoms with Gasteiger partial charge in [0.05, 0.1) is 6.04 Å². The molecule has 1 amide bonds. The maximum Gasteiger partial charge on any atom is 0.320 e. The van der Waals surface area contributed by atoms with E-state index in [0.717, 1.165) is 6.42 Å². The fraction of sp³-hybridized carbons (Fsp3) is 0.857. The Balaban J connectivity index is 0. The molecule has 0 heterocycles. The van der Waals surface area contributed by atoms with Gasteiger partial charge in [-0.2, -0.15) is 0 Å². The van der Waals surface area contributed by atoms with Gasteiger partial charge in [0.2, 0.25) is 5.91 Å². The van der Waals surface area contributed by atoms with Gasteiger partial charge in [0.15, 0.2) is 0 Å². The van der Waals surface area contributed by atoms with E-state index in [1.54, 1.807) is 11.8 Å². The van der Waals surface area contributed by atoms with Crippen molar-refractivity contribution in [3.8, 4) is 0 Å². The number of hydrogen-bond acceptors (Lipinski definition) is 3. The number of carbonyl (C=O) groups is 2. The first-order valence-corrected chi connectivity index (χ1v) is 7.03. The number of carboxylic acids is 1. The molecule has 0 aromatic heterocycles. The van der Waals surface area contributed by atoms with Crippen LogP contribution in [0.1, 0.15) is 54.4 Å². The first-order valence-electron chi connectivity index (χ1n) is 7.03. The van der Waals surface area contributed by atoms with Gasteiger partial charge in [0.1, 0.15) is 6.04 Å². The van der Waals surface area contributed by atoms with Crippen LogP contribution in [0.3, 0.4) is 0 Å². The van der Waals surface area contributed by atoms with Gasteiger partial charge in [-0.05, 0) is 41.0 Å². The van der Waals surface area contributed by atoms with Gasteiger partial charge in [-0.25, -0.2) is 0 Å². The third-order valence-corrected chi connectivity index (χ3v) is 3.06. The Kier molecular flexibility index (Phi) is 10.7. The molecule has 0 fully saturated rings. The molecule has 6 heteroatoms. The number of carbonyl (C=O) groups excluding carboxylic acids is 1. The number of halogens is 1. The molecule has 0 radical (unpaired) electrons. The van der Waals surface area contributed by atoms with Gasteiger partial charge in [0, 0.05) is 12.1 Å². The zero-order valence-electron chi connectivity index (χ0n) is 13.3. The summed E-state index contributed by atoms with van der Waals surface area (Å²) in [5.41, 5.74) is 0. The fourth-order valence-electron chi connectivity index (χ4n) is 2.27. The Morgan fingerprint density at radius 2 is 1.55 bits per heavy atom. The maximum atomic E-state index is 12.4. The first kappa shape index (κ1) is 21.5. The molecule has 0 spiro atoms. The van der Waals surface area contributed by atoms with Crippen molar-refractivity contribution in [2.45, 2.75) is 78.6 Å². The topological polar surface area (TPSA) is 69.6 Å². The third-order valence-electron chi connectivity index (χ3n) is 3.06. The second-order valence-corrected chi connectivity index (χ2v) is 5.50. The number of nitrogens with one attached hydrogen (secondary N) is 1. The van der Waals surface area contributed by atoms with Crippen molar-refractivity contribution >= 4 is 24.3 Å². The summed E-state index contributed by atoms with van der Waals surface area (Å²) < 4.78 is 0. The van der Waals surface area contributed by atoms with Gasteiger partial charge >= 0.3 is 5.97 Å². The molecule has 0 aliphatic carbocycles. The SMILES string of the molecule is CCCC(NC(C)C(=O)N(C(C)C)C(C)C)C(=O)O.Cl. The van der Waals surface area contributed by atoms with Crippen LogP contribution in [0.25, 0.3) is 0 Å². The minimum Gasteiger partial charge on any atom is -0.480 e. The number of rotatable bonds is 8. The highest BCUT2D eigenvalue weighted by Gasteiger charge is 2.28. The minimum absolute atomic E-state index is 0. The molecule has 0 bridgehead atoms. The monoisotopic (exact) mass is 308 g/mol. The van der Waals surface area contributed by atoms with Gasteiger partial charge in [-0.3, -0.25) is 14.9 Å². The van der Waals surface area contributed by atoms with Crippen LogP contribution in [-0.4, -0.2) is 46.1 Å². The Morgan fingerprint density at radius 1 is 1.10 bits per heavy atom. The summed E-state index contributed by atoms with van der Waals surface area (Å²) in [7, 11) is 0. The van der Waals surface area contributed by atoms with Crippen molar-refractivity contribution in [3.63, 3.8) is 0 Å². The van der Waals surface area contributed by atoms with E-state index >= 15 is 0 Å². The fourth-order valence-corrected chi connectivity index (χ4v) is 2.27. The standard InChI is InChI=1S/C14H28N2O3.ClH/c1-7-8-12(14(18)19)15-11(6)13(17)16(9(2)3)10(4)5;/h9-12,15H,7-8H2,1-6H3,(H,18,19);1H. The highest BCUT2D eigenvalue weighted by Crippen LogP contribution is 2.09. The Hall–Kier alpha value is -0.810. The van der Waals surface area contributed by atoms with Crippen molar-refractivity contribution < 1.29 is 14.7 Å². The van der Waals surface area contributed by atoms with E-state index in [9.17, 15) is 9.59 Å². The summed E-state index contributed by atoms with van der Waals surface area (Å²) in [6.45, 7) is 11.5. The first-order chi connectivity index (χ1) is 8.72. The van der Waals surface area contributed by atoms with E-state index in [1.807, 2.05) is 34.6 Å². The van der Waals surface area contributed by atoms with Crippen LogP contribution in [0.2, 0.25) is 0 Å². The minimum atomic E-state index is -0.901. The molecule has 0 aromatic carbocycles. The van der Waals surface area contributed by atoms with Crippen molar-refractivity contribution in [1.29, 1.82) is 0 Å². The van der Waals surface area contributed by atoms with Crippen LogP contribution in [-0.2, 0) is 9.59 Å². The summed E-state index contributed by atoms with van der Waals surface area (Å²) in [6.07, 6.45) is 1.29. The molecule has 0 aliphatic rings. The average Bonchev–Trinajstić information content (AvgIpc) is 2.26. The van der Waals surface area contributed by atoms with Crippen LogP contribution in [0.4, 0.5) is 0 Å². The molecule has 2 N–H and O–H groups in total. The molecule has 2 unspecified atom stereocenters. The number of hydrogen-bond donors (Lipinski definition) is 2. The van der Waals surface area contributed by atoms with Crippen LogP contribution >= 0.6 is 12.4 Å². The molecule has 120 valence electrons. The molecule has 0 rings (SSSR count). The smallest absolute Gasteiger partial charge is 0.320 e. The third kappa shape index (κ3) is 6.57. The Labute approximate surface area is 128 Å². The summed E-state index contributed by atoms with van der Waals surface area (Å²) >= 11 is 0. The Morgan fingerprint density at radius 3 is 1.85 bits per heavy atom. The molecule has 0 aliphatic heterocycles. The molecule has 20 heavy (non-hydrogen) atoms. The zero-order chi connectivity index (χ0) is 15.2. The zero-order valence-corrected chi connectivity index (χ0v) is 14.2. The lowest BCUT2D eigenvalue weighted by molar-refractivity contribution is -0.141. The molecule has 0 saturated carbocycles. The molecular weight excluding hydrogens is 280 g/mol. The van der Waals surface area contributed by atoms with E-state index in [4.69, 9.17) is 5.11 Å².